The first-order valence-electron chi connectivity index (χ1n) is 5.33. The molecule has 1 aliphatic heterocycles. The van der Waals surface area contributed by atoms with E-state index in [-0.39, 0.29) is 15.7 Å². The summed E-state index contributed by atoms with van der Waals surface area (Å²) in [6, 6.07) is 4.55. The molecule has 1 aromatic rings. The van der Waals surface area contributed by atoms with E-state index in [0.717, 1.165) is 11.8 Å². The van der Waals surface area contributed by atoms with Crippen LogP contribution in [0.2, 0.25) is 5.02 Å². The number of imide groups is 1. The third-order valence-electron chi connectivity index (χ3n) is 2.24. The van der Waals surface area contributed by atoms with Crippen molar-refractivity contribution in [2.45, 2.75) is 0 Å². The zero-order valence-corrected chi connectivity index (χ0v) is 11.4. The molecule has 1 saturated heterocycles. The number of rotatable bonds is 4. The van der Waals surface area contributed by atoms with Crippen molar-refractivity contribution >= 4 is 46.6 Å². The molecule has 104 valence electrons. The van der Waals surface area contributed by atoms with Crippen molar-refractivity contribution in [3.05, 3.63) is 33.7 Å². The van der Waals surface area contributed by atoms with Crippen LogP contribution in [0.15, 0.2) is 23.1 Å². The Bertz CT molecular complexity index is 628. The number of carboxylic acid groups (broad SMARTS) is 1. The van der Waals surface area contributed by atoms with Crippen LogP contribution in [0.5, 0.6) is 5.75 Å². The van der Waals surface area contributed by atoms with Gasteiger partial charge in [0.25, 0.3) is 11.1 Å². The van der Waals surface area contributed by atoms with E-state index in [1.165, 1.54) is 18.2 Å². The van der Waals surface area contributed by atoms with Gasteiger partial charge in [-0.15, -0.1) is 0 Å². The van der Waals surface area contributed by atoms with Gasteiger partial charge in [-0.25, -0.2) is 0 Å². The number of hydrogen-bond donors (Lipinski definition) is 1. The first kappa shape index (κ1) is 14.4. The van der Waals surface area contributed by atoms with Gasteiger partial charge in [0, 0.05) is 0 Å². The SMILES string of the molecule is O=C([O-])COc1ccc(/C=C2\SC(=O)NC2=O)cc1Cl. The van der Waals surface area contributed by atoms with Crippen molar-refractivity contribution in [1.29, 1.82) is 0 Å². The number of ether oxygens (including phenoxy) is 1. The summed E-state index contributed by atoms with van der Waals surface area (Å²) in [4.78, 5) is 32.9. The van der Waals surface area contributed by atoms with E-state index in [4.69, 9.17) is 16.3 Å². The summed E-state index contributed by atoms with van der Waals surface area (Å²) in [5, 5.41) is 12.2. The van der Waals surface area contributed by atoms with E-state index in [2.05, 4.69) is 5.32 Å². The summed E-state index contributed by atoms with van der Waals surface area (Å²) in [5.74, 6) is -1.63. The van der Waals surface area contributed by atoms with Gasteiger partial charge in [-0.3, -0.25) is 14.9 Å². The summed E-state index contributed by atoms with van der Waals surface area (Å²) < 4.78 is 4.91. The lowest BCUT2D eigenvalue weighted by Crippen LogP contribution is -2.28. The van der Waals surface area contributed by atoms with E-state index >= 15 is 0 Å². The first-order chi connectivity index (χ1) is 9.45. The fourth-order valence-electron chi connectivity index (χ4n) is 1.43. The second kappa shape index (κ2) is 5.98. The van der Waals surface area contributed by atoms with Gasteiger partial charge in [-0.2, -0.15) is 0 Å². The van der Waals surface area contributed by atoms with Crippen LogP contribution in [0.4, 0.5) is 4.79 Å². The highest BCUT2D eigenvalue weighted by molar-refractivity contribution is 8.18. The molecule has 0 bridgehead atoms. The van der Waals surface area contributed by atoms with Gasteiger partial charge in [-0.1, -0.05) is 17.7 Å². The molecule has 2 rings (SSSR count). The number of hydrogen-bond acceptors (Lipinski definition) is 6. The van der Waals surface area contributed by atoms with E-state index in [9.17, 15) is 19.5 Å². The zero-order valence-electron chi connectivity index (χ0n) is 9.84. The largest absolute Gasteiger partial charge is 0.546 e. The first-order valence-corrected chi connectivity index (χ1v) is 6.52. The van der Waals surface area contributed by atoms with Gasteiger partial charge in [-0.05, 0) is 35.5 Å². The third-order valence-corrected chi connectivity index (χ3v) is 3.35. The molecule has 1 aromatic carbocycles. The zero-order chi connectivity index (χ0) is 14.7. The highest BCUT2D eigenvalue weighted by Crippen LogP contribution is 2.29. The molecule has 0 atom stereocenters. The predicted molar refractivity (Wildman–Crippen MR) is 71.1 cm³/mol. The summed E-state index contributed by atoms with van der Waals surface area (Å²) in [5.41, 5.74) is 0.586. The van der Waals surface area contributed by atoms with E-state index in [0.29, 0.717) is 5.56 Å². The number of amides is 2. The van der Waals surface area contributed by atoms with Crippen molar-refractivity contribution < 1.29 is 24.2 Å². The Morgan fingerprint density at radius 2 is 2.20 bits per heavy atom. The van der Waals surface area contributed by atoms with Crippen LogP contribution in [0, 0.1) is 0 Å². The van der Waals surface area contributed by atoms with Crippen LogP contribution in [-0.2, 0) is 9.59 Å². The van der Waals surface area contributed by atoms with Crippen molar-refractivity contribution in [3.8, 4) is 5.75 Å². The molecule has 1 heterocycles. The van der Waals surface area contributed by atoms with Crippen molar-refractivity contribution in [2.24, 2.45) is 0 Å². The molecule has 1 fully saturated rings. The molecule has 2 amide bonds. The highest BCUT2D eigenvalue weighted by atomic mass is 35.5. The molecule has 0 unspecified atom stereocenters. The lowest BCUT2D eigenvalue weighted by atomic mass is 10.2. The minimum atomic E-state index is -1.36. The molecule has 6 nitrogen and oxygen atoms in total. The molecule has 0 aromatic heterocycles. The topological polar surface area (TPSA) is 95.5 Å². The maximum absolute atomic E-state index is 11.4. The number of benzene rings is 1. The average Bonchev–Trinajstić information content (AvgIpc) is 2.66. The maximum atomic E-state index is 11.4. The van der Waals surface area contributed by atoms with Crippen LogP contribution in [0.25, 0.3) is 6.08 Å². The highest BCUT2D eigenvalue weighted by Gasteiger charge is 2.24. The van der Waals surface area contributed by atoms with Crippen LogP contribution in [0.3, 0.4) is 0 Å². The molecule has 0 aliphatic carbocycles. The van der Waals surface area contributed by atoms with Gasteiger partial charge in [0.1, 0.15) is 12.4 Å². The molecule has 8 heteroatoms. The van der Waals surface area contributed by atoms with Crippen LogP contribution >= 0.6 is 23.4 Å². The summed E-state index contributed by atoms with van der Waals surface area (Å²) in [6.45, 7) is -0.604. The Morgan fingerprint density at radius 3 is 2.75 bits per heavy atom. The predicted octanol–water partition coefficient (Wildman–Crippen LogP) is 0.793. The third kappa shape index (κ3) is 3.52. The van der Waals surface area contributed by atoms with Crippen molar-refractivity contribution in [3.63, 3.8) is 0 Å². The summed E-state index contributed by atoms with van der Waals surface area (Å²) in [7, 11) is 0. The molecule has 1 N–H and O–H groups in total. The maximum Gasteiger partial charge on any atom is 0.290 e. The number of carbonyl (C=O) groups excluding carboxylic acids is 3. The fraction of sp³-hybridized carbons (Fsp3) is 0.0833. The average molecular weight is 313 g/mol. The van der Waals surface area contributed by atoms with Crippen LogP contribution in [0.1, 0.15) is 5.56 Å². The number of carbonyl (C=O) groups is 3. The van der Waals surface area contributed by atoms with Gasteiger partial charge in [0.05, 0.1) is 15.9 Å². The number of aliphatic carboxylic acids is 1. The minimum absolute atomic E-state index is 0.190. The van der Waals surface area contributed by atoms with Crippen LogP contribution in [-0.4, -0.2) is 23.7 Å². The molecule has 0 spiro atoms. The Kier molecular flexibility index (Phi) is 4.31. The van der Waals surface area contributed by atoms with E-state index in [1.807, 2.05) is 0 Å². The molecular formula is C12H7ClNO5S-. The molecule has 1 aliphatic rings. The Hall–Kier alpha value is -1.99. The van der Waals surface area contributed by atoms with E-state index in [1.54, 1.807) is 6.07 Å². The summed E-state index contributed by atoms with van der Waals surface area (Å²) in [6.07, 6.45) is 1.50. The lowest BCUT2D eigenvalue weighted by molar-refractivity contribution is -0.307. The Morgan fingerprint density at radius 1 is 1.45 bits per heavy atom. The molecule has 0 saturated carbocycles. The van der Waals surface area contributed by atoms with Gasteiger partial charge in [0.2, 0.25) is 0 Å². The molecule has 0 radical (unpaired) electrons. The van der Waals surface area contributed by atoms with Gasteiger partial charge in [0.15, 0.2) is 0 Å². The van der Waals surface area contributed by atoms with E-state index < -0.39 is 23.7 Å². The van der Waals surface area contributed by atoms with Crippen molar-refractivity contribution in [1.82, 2.24) is 5.32 Å². The Labute approximate surface area is 122 Å². The summed E-state index contributed by atoms with van der Waals surface area (Å²) >= 11 is 6.72. The van der Waals surface area contributed by atoms with Crippen LogP contribution < -0.4 is 15.2 Å². The van der Waals surface area contributed by atoms with Gasteiger partial charge < -0.3 is 14.6 Å². The second-order valence-corrected chi connectivity index (χ2v) is 5.12. The smallest absolute Gasteiger partial charge is 0.290 e. The number of nitrogens with one attached hydrogen (secondary N) is 1. The number of halogens is 1. The monoisotopic (exact) mass is 312 g/mol. The fourth-order valence-corrected chi connectivity index (χ4v) is 2.36. The molecule has 20 heavy (non-hydrogen) atoms. The number of carboxylic acids is 1. The minimum Gasteiger partial charge on any atom is -0.546 e. The number of thioether (sulfide) groups is 1. The normalized spacial score (nSPS) is 16.4. The Balaban J connectivity index is 2.17. The second-order valence-electron chi connectivity index (χ2n) is 3.70. The quantitative estimate of drug-likeness (QED) is 0.826. The molecular weight excluding hydrogens is 306 g/mol. The lowest BCUT2D eigenvalue weighted by Gasteiger charge is -2.08. The standard InChI is InChI=1S/C12H8ClNO5S/c13-7-3-6(1-2-8(7)19-5-10(15)16)4-9-11(17)14-12(18)20-9/h1-4H,5H2,(H,15,16)(H,14,17,18)/p-1/b9-4-. The van der Waals surface area contributed by atoms with Gasteiger partial charge >= 0.3 is 0 Å². The van der Waals surface area contributed by atoms with Crippen molar-refractivity contribution in [2.75, 3.05) is 6.61 Å².